The molecule has 1 aromatic heterocycles. The van der Waals surface area contributed by atoms with Crippen LogP contribution in [0.15, 0.2) is 23.0 Å². The Bertz CT molecular complexity index is 259. The minimum Gasteiger partial charge on any atom is -0.325 e. The van der Waals surface area contributed by atoms with Gasteiger partial charge in [-0.05, 0) is 13.1 Å². The van der Waals surface area contributed by atoms with E-state index in [1.807, 2.05) is 13.1 Å². The van der Waals surface area contributed by atoms with Crippen LogP contribution in [0.2, 0.25) is 0 Å². The lowest BCUT2D eigenvalue weighted by atomic mass is 10.3. The van der Waals surface area contributed by atoms with E-state index in [-0.39, 0.29) is 22.5 Å². The molecule has 0 aliphatic rings. The Labute approximate surface area is 75.6 Å². The summed E-state index contributed by atoms with van der Waals surface area (Å²) in [7, 11) is 1.84. The molecule has 0 saturated carbocycles. The molecule has 0 bridgehead atoms. The molecule has 0 unspecified atom stereocenters. The Morgan fingerprint density at radius 3 is 2.82 bits per heavy atom. The second kappa shape index (κ2) is 5.09. The van der Waals surface area contributed by atoms with Gasteiger partial charge >= 0.3 is 0 Å². The molecule has 0 amide bonds. The van der Waals surface area contributed by atoms with Crippen LogP contribution >= 0.6 is 17.0 Å². The molecule has 2 N–H and O–H groups in total. The van der Waals surface area contributed by atoms with Gasteiger partial charge in [-0.15, -0.1) is 17.0 Å². The summed E-state index contributed by atoms with van der Waals surface area (Å²) in [6, 6.07) is 5.11. The number of aromatic amines is 1. The minimum atomic E-state index is -0.0484. The van der Waals surface area contributed by atoms with Gasteiger partial charge in [0.05, 0.1) is 0 Å². The number of nitrogens with one attached hydrogen (secondary N) is 2. The van der Waals surface area contributed by atoms with Gasteiger partial charge in [0.15, 0.2) is 0 Å². The van der Waals surface area contributed by atoms with Gasteiger partial charge in [0, 0.05) is 18.3 Å². The third kappa shape index (κ3) is 3.34. The predicted molar refractivity (Wildman–Crippen MR) is 50.1 cm³/mol. The first-order valence-electron chi connectivity index (χ1n) is 3.16. The highest BCUT2D eigenvalue weighted by Gasteiger charge is 1.87. The highest BCUT2D eigenvalue weighted by atomic mass is 79.9. The first-order chi connectivity index (χ1) is 4.83. The van der Waals surface area contributed by atoms with E-state index in [1.54, 1.807) is 6.07 Å². The molecule has 3 nitrogen and oxygen atoms in total. The summed E-state index contributed by atoms with van der Waals surface area (Å²) in [5.41, 5.74) is 0.864. The van der Waals surface area contributed by atoms with Crippen molar-refractivity contribution in [1.82, 2.24) is 10.3 Å². The van der Waals surface area contributed by atoms with E-state index in [0.717, 1.165) is 5.69 Å². The molecule has 62 valence electrons. The van der Waals surface area contributed by atoms with Gasteiger partial charge in [0.1, 0.15) is 0 Å². The quantitative estimate of drug-likeness (QED) is 0.767. The van der Waals surface area contributed by atoms with Crippen LogP contribution in [-0.2, 0) is 6.54 Å². The lowest BCUT2D eigenvalue weighted by Gasteiger charge is -1.96. The van der Waals surface area contributed by atoms with Crippen LogP contribution in [0.4, 0.5) is 0 Å². The summed E-state index contributed by atoms with van der Waals surface area (Å²) in [6.07, 6.45) is 0. The fraction of sp³-hybridized carbons (Fsp3) is 0.286. The van der Waals surface area contributed by atoms with E-state index in [2.05, 4.69) is 10.3 Å². The maximum absolute atomic E-state index is 10.7. The minimum absolute atomic E-state index is 0. The maximum Gasteiger partial charge on any atom is 0.248 e. The maximum atomic E-state index is 10.7. The Hall–Kier alpha value is -0.610. The van der Waals surface area contributed by atoms with Crippen molar-refractivity contribution in [3.05, 3.63) is 34.2 Å². The molecule has 1 aromatic rings. The lowest BCUT2D eigenvalue weighted by molar-refractivity contribution is 0.787. The summed E-state index contributed by atoms with van der Waals surface area (Å²) in [4.78, 5) is 13.4. The fourth-order valence-corrected chi connectivity index (χ4v) is 0.787. The zero-order valence-electron chi connectivity index (χ0n) is 6.26. The van der Waals surface area contributed by atoms with Crippen molar-refractivity contribution in [2.75, 3.05) is 7.05 Å². The molecule has 0 fully saturated rings. The van der Waals surface area contributed by atoms with E-state index >= 15 is 0 Å². The topological polar surface area (TPSA) is 44.9 Å². The predicted octanol–water partition coefficient (Wildman–Crippen LogP) is 0.672. The molecule has 1 heterocycles. The average molecular weight is 219 g/mol. The van der Waals surface area contributed by atoms with Crippen LogP contribution < -0.4 is 10.9 Å². The zero-order chi connectivity index (χ0) is 7.40. The first kappa shape index (κ1) is 10.4. The largest absolute Gasteiger partial charge is 0.325 e. The van der Waals surface area contributed by atoms with Crippen molar-refractivity contribution < 1.29 is 0 Å². The number of H-pyrrole nitrogens is 1. The fourth-order valence-electron chi connectivity index (χ4n) is 0.787. The van der Waals surface area contributed by atoms with Gasteiger partial charge in [-0.25, -0.2) is 0 Å². The molecular weight excluding hydrogens is 208 g/mol. The van der Waals surface area contributed by atoms with Crippen molar-refractivity contribution in [3.8, 4) is 0 Å². The molecule has 0 aliphatic heterocycles. The van der Waals surface area contributed by atoms with Crippen molar-refractivity contribution in [1.29, 1.82) is 0 Å². The summed E-state index contributed by atoms with van der Waals surface area (Å²) in [5, 5.41) is 2.94. The summed E-state index contributed by atoms with van der Waals surface area (Å²) in [6.45, 7) is 0.704. The molecule has 0 saturated heterocycles. The highest BCUT2D eigenvalue weighted by molar-refractivity contribution is 8.93. The van der Waals surface area contributed by atoms with Gasteiger partial charge in [-0.2, -0.15) is 0 Å². The number of aromatic nitrogens is 1. The van der Waals surface area contributed by atoms with Gasteiger partial charge in [0.25, 0.3) is 0 Å². The van der Waals surface area contributed by atoms with Crippen LogP contribution in [0, 0.1) is 0 Å². The number of rotatable bonds is 2. The second-order valence-electron chi connectivity index (χ2n) is 2.07. The Balaban J connectivity index is 0.000001000. The number of hydrogen-bond donors (Lipinski definition) is 2. The average Bonchev–Trinajstić information content (AvgIpc) is 1.88. The molecular formula is C7H11BrN2O. The van der Waals surface area contributed by atoms with E-state index < -0.39 is 0 Å². The summed E-state index contributed by atoms with van der Waals surface area (Å²) in [5.74, 6) is 0. The molecule has 4 heteroatoms. The molecule has 1 rings (SSSR count). The Morgan fingerprint density at radius 2 is 2.27 bits per heavy atom. The number of hydrogen-bond acceptors (Lipinski definition) is 2. The van der Waals surface area contributed by atoms with Crippen molar-refractivity contribution in [3.63, 3.8) is 0 Å². The van der Waals surface area contributed by atoms with Gasteiger partial charge in [-0.1, -0.05) is 6.07 Å². The lowest BCUT2D eigenvalue weighted by Crippen LogP contribution is -2.12. The Morgan fingerprint density at radius 1 is 1.55 bits per heavy atom. The molecule has 0 aromatic carbocycles. The van der Waals surface area contributed by atoms with E-state index in [9.17, 15) is 4.79 Å². The normalized spacial score (nSPS) is 8.82. The molecule has 0 atom stereocenters. The van der Waals surface area contributed by atoms with Crippen LogP contribution in [0.25, 0.3) is 0 Å². The van der Waals surface area contributed by atoms with Crippen LogP contribution in [-0.4, -0.2) is 12.0 Å². The first-order valence-corrected chi connectivity index (χ1v) is 3.16. The second-order valence-corrected chi connectivity index (χ2v) is 2.07. The molecule has 0 spiro atoms. The summed E-state index contributed by atoms with van der Waals surface area (Å²) < 4.78 is 0. The van der Waals surface area contributed by atoms with E-state index in [4.69, 9.17) is 0 Å². The van der Waals surface area contributed by atoms with Crippen molar-refractivity contribution >= 4 is 17.0 Å². The molecule has 11 heavy (non-hydrogen) atoms. The number of halogens is 1. The van der Waals surface area contributed by atoms with Crippen LogP contribution in [0.1, 0.15) is 5.69 Å². The monoisotopic (exact) mass is 218 g/mol. The summed E-state index contributed by atoms with van der Waals surface area (Å²) >= 11 is 0. The standard InChI is InChI=1S/C7H10N2O.BrH/c1-8-5-6-3-2-4-7(10)9-6;/h2-4,8H,5H2,1H3,(H,9,10);1H. The van der Waals surface area contributed by atoms with E-state index in [1.165, 1.54) is 6.07 Å². The zero-order valence-corrected chi connectivity index (χ0v) is 7.97. The van der Waals surface area contributed by atoms with Crippen molar-refractivity contribution in [2.24, 2.45) is 0 Å². The smallest absolute Gasteiger partial charge is 0.248 e. The Kier molecular flexibility index (Phi) is 4.81. The van der Waals surface area contributed by atoms with Gasteiger partial charge in [-0.3, -0.25) is 4.79 Å². The highest BCUT2D eigenvalue weighted by Crippen LogP contribution is 1.86. The van der Waals surface area contributed by atoms with Gasteiger partial charge < -0.3 is 10.3 Å². The van der Waals surface area contributed by atoms with Crippen LogP contribution in [0.3, 0.4) is 0 Å². The SMILES string of the molecule is Br.CNCc1cccc(=O)[nH]1. The van der Waals surface area contributed by atoms with Crippen LogP contribution in [0.5, 0.6) is 0 Å². The number of pyridine rings is 1. The van der Waals surface area contributed by atoms with Crippen molar-refractivity contribution in [2.45, 2.75) is 6.54 Å². The van der Waals surface area contributed by atoms with Gasteiger partial charge in [0.2, 0.25) is 5.56 Å². The third-order valence-corrected chi connectivity index (χ3v) is 1.20. The third-order valence-electron chi connectivity index (χ3n) is 1.20. The molecule has 0 radical (unpaired) electrons. The molecule has 0 aliphatic carbocycles. The van der Waals surface area contributed by atoms with E-state index in [0.29, 0.717) is 6.54 Å².